The van der Waals surface area contributed by atoms with Crippen LogP contribution in [0, 0.1) is 0 Å². The second-order valence-corrected chi connectivity index (χ2v) is 4.20. The lowest BCUT2D eigenvalue weighted by molar-refractivity contribution is 0.282. The van der Waals surface area contributed by atoms with Crippen LogP contribution in [0.2, 0.25) is 5.15 Å². The van der Waals surface area contributed by atoms with E-state index in [2.05, 4.69) is 18.9 Å². The first-order chi connectivity index (χ1) is 7.13. The number of rotatable bonds is 2. The fraction of sp³-hybridized carbons (Fsp3) is 0.364. The predicted molar refractivity (Wildman–Crippen MR) is 61.1 cm³/mol. The standard InChI is InChI=1S/C11H13ClN2O/c1-7(2)14-10-4-3-8(6-15)5-9(10)11(12)13-14/h3-5,7,15H,6H2,1-2H3. The Kier molecular flexibility index (Phi) is 2.67. The third-order valence-corrected chi connectivity index (χ3v) is 2.68. The van der Waals surface area contributed by atoms with E-state index in [-0.39, 0.29) is 12.6 Å². The fourth-order valence-electron chi connectivity index (χ4n) is 1.64. The number of hydrogen-bond donors (Lipinski definition) is 1. The van der Waals surface area contributed by atoms with Crippen molar-refractivity contribution in [2.75, 3.05) is 0 Å². The quantitative estimate of drug-likeness (QED) is 0.852. The van der Waals surface area contributed by atoms with Crippen molar-refractivity contribution in [3.8, 4) is 0 Å². The van der Waals surface area contributed by atoms with Crippen LogP contribution in [0.25, 0.3) is 10.9 Å². The number of fused-ring (bicyclic) bond motifs is 1. The zero-order valence-corrected chi connectivity index (χ0v) is 9.49. The molecule has 0 aliphatic rings. The van der Waals surface area contributed by atoms with E-state index in [0.717, 1.165) is 16.5 Å². The van der Waals surface area contributed by atoms with Crippen LogP contribution < -0.4 is 0 Å². The van der Waals surface area contributed by atoms with Crippen LogP contribution in [-0.4, -0.2) is 14.9 Å². The van der Waals surface area contributed by atoms with Crippen LogP contribution in [-0.2, 0) is 6.61 Å². The van der Waals surface area contributed by atoms with E-state index in [4.69, 9.17) is 16.7 Å². The van der Waals surface area contributed by atoms with Gasteiger partial charge in [0, 0.05) is 11.4 Å². The zero-order valence-electron chi connectivity index (χ0n) is 8.74. The molecule has 0 spiro atoms. The second-order valence-electron chi connectivity index (χ2n) is 3.84. The molecule has 0 atom stereocenters. The van der Waals surface area contributed by atoms with Gasteiger partial charge < -0.3 is 5.11 Å². The van der Waals surface area contributed by atoms with Gasteiger partial charge in [0.2, 0.25) is 0 Å². The summed E-state index contributed by atoms with van der Waals surface area (Å²) in [5, 5.41) is 14.7. The first kappa shape index (κ1) is 10.5. The summed E-state index contributed by atoms with van der Waals surface area (Å²) in [5.41, 5.74) is 1.86. The highest BCUT2D eigenvalue weighted by Crippen LogP contribution is 2.26. The highest BCUT2D eigenvalue weighted by molar-refractivity contribution is 6.34. The first-order valence-corrected chi connectivity index (χ1v) is 5.28. The summed E-state index contributed by atoms with van der Waals surface area (Å²) in [6.07, 6.45) is 0. The molecule has 1 aromatic heterocycles. The maximum absolute atomic E-state index is 9.03. The molecule has 0 aliphatic carbocycles. The summed E-state index contributed by atoms with van der Waals surface area (Å²) >= 11 is 6.04. The number of nitrogens with zero attached hydrogens (tertiary/aromatic N) is 2. The molecule has 0 bridgehead atoms. The number of aromatic nitrogens is 2. The van der Waals surface area contributed by atoms with Gasteiger partial charge in [-0.3, -0.25) is 4.68 Å². The van der Waals surface area contributed by atoms with Gasteiger partial charge in [-0.25, -0.2) is 0 Å². The van der Waals surface area contributed by atoms with Crippen molar-refractivity contribution in [1.29, 1.82) is 0 Å². The molecule has 0 radical (unpaired) electrons. The van der Waals surface area contributed by atoms with Crippen molar-refractivity contribution in [3.63, 3.8) is 0 Å². The number of benzene rings is 1. The Morgan fingerprint density at radius 1 is 1.47 bits per heavy atom. The lowest BCUT2D eigenvalue weighted by Crippen LogP contribution is -2.01. The van der Waals surface area contributed by atoms with Crippen molar-refractivity contribution >= 4 is 22.5 Å². The summed E-state index contributed by atoms with van der Waals surface area (Å²) in [5.74, 6) is 0. The van der Waals surface area contributed by atoms with Crippen LogP contribution in [0.15, 0.2) is 18.2 Å². The Bertz CT molecular complexity index is 491. The van der Waals surface area contributed by atoms with Crippen LogP contribution in [0.3, 0.4) is 0 Å². The molecule has 3 nitrogen and oxygen atoms in total. The second kappa shape index (κ2) is 3.83. The third kappa shape index (κ3) is 1.73. The van der Waals surface area contributed by atoms with Gasteiger partial charge in [-0.1, -0.05) is 17.7 Å². The van der Waals surface area contributed by atoms with Crippen molar-refractivity contribution in [1.82, 2.24) is 9.78 Å². The predicted octanol–water partition coefficient (Wildman–Crippen LogP) is 2.76. The van der Waals surface area contributed by atoms with E-state index in [1.165, 1.54) is 0 Å². The highest BCUT2D eigenvalue weighted by atomic mass is 35.5. The van der Waals surface area contributed by atoms with E-state index in [1.807, 2.05) is 22.9 Å². The molecular formula is C11H13ClN2O. The molecule has 1 aromatic carbocycles. The van der Waals surface area contributed by atoms with Gasteiger partial charge in [-0.05, 0) is 31.5 Å². The monoisotopic (exact) mass is 224 g/mol. The summed E-state index contributed by atoms with van der Waals surface area (Å²) in [6.45, 7) is 4.14. The molecular weight excluding hydrogens is 212 g/mol. The average Bonchev–Trinajstić information content (AvgIpc) is 2.56. The molecule has 0 fully saturated rings. The lowest BCUT2D eigenvalue weighted by atomic mass is 10.1. The maximum atomic E-state index is 9.03. The van der Waals surface area contributed by atoms with Gasteiger partial charge in [0.1, 0.15) is 0 Å². The average molecular weight is 225 g/mol. The topological polar surface area (TPSA) is 38.0 Å². The van der Waals surface area contributed by atoms with Crippen LogP contribution in [0.1, 0.15) is 25.5 Å². The van der Waals surface area contributed by atoms with Gasteiger partial charge in [0.25, 0.3) is 0 Å². The van der Waals surface area contributed by atoms with Gasteiger partial charge in [0.05, 0.1) is 12.1 Å². The molecule has 0 aliphatic heterocycles. The molecule has 80 valence electrons. The Labute approximate surface area is 93.3 Å². The van der Waals surface area contributed by atoms with Gasteiger partial charge in [-0.15, -0.1) is 0 Å². The third-order valence-electron chi connectivity index (χ3n) is 2.40. The minimum Gasteiger partial charge on any atom is -0.392 e. The molecule has 0 unspecified atom stereocenters. The Morgan fingerprint density at radius 3 is 2.80 bits per heavy atom. The van der Waals surface area contributed by atoms with Crippen molar-refractivity contribution in [3.05, 3.63) is 28.9 Å². The smallest absolute Gasteiger partial charge is 0.158 e. The highest BCUT2D eigenvalue weighted by Gasteiger charge is 2.10. The van der Waals surface area contributed by atoms with Crippen LogP contribution in [0.4, 0.5) is 0 Å². The molecule has 0 amide bonds. The summed E-state index contributed by atoms with van der Waals surface area (Å²) in [7, 11) is 0. The summed E-state index contributed by atoms with van der Waals surface area (Å²) < 4.78 is 1.89. The van der Waals surface area contributed by atoms with Crippen LogP contribution >= 0.6 is 11.6 Å². The SMILES string of the molecule is CC(C)n1nc(Cl)c2cc(CO)ccc21. The summed E-state index contributed by atoms with van der Waals surface area (Å²) in [4.78, 5) is 0. The molecule has 4 heteroatoms. The number of aliphatic hydroxyl groups is 1. The van der Waals surface area contributed by atoms with Crippen LogP contribution in [0.5, 0.6) is 0 Å². The molecule has 2 aromatic rings. The molecule has 15 heavy (non-hydrogen) atoms. The minimum atomic E-state index is 0.0269. The lowest BCUT2D eigenvalue weighted by Gasteiger charge is -2.06. The molecule has 2 rings (SSSR count). The van der Waals surface area contributed by atoms with Gasteiger partial charge in [-0.2, -0.15) is 5.10 Å². The van der Waals surface area contributed by atoms with Gasteiger partial charge in [0.15, 0.2) is 5.15 Å². The molecule has 0 saturated heterocycles. The zero-order chi connectivity index (χ0) is 11.0. The van der Waals surface area contributed by atoms with Crippen molar-refractivity contribution < 1.29 is 5.11 Å². The normalized spacial score (nSPS) is 11.5. The Hall–Kier alpha value is -1.06. The molecule has 1 N–H and O–H groups in total. The minimum absolute atomic E-state index is 0.0269. The van der Waals surface area contributed by atoms with E-state index in [1.54, 1.807) is 0 Å². The number of halogens is 1. The van der Waals surface area contributed by atoms with Gasteiger partial charge >= 0.3 is 0 Å². The molecule has 1 heterocycles. The van der Waals surface area contributed by atoms with E-state index in [0.29, 0.717) is 5.15 Å². The Balaban J connectivity index is 2.69. The van der Waals surface area contributed by atoms with E-state index < -0.39 is 0 Å². The number of aliphatic hydroxyl groups excluding tert-OH is 1. The first-order valence-electron chi connectivity index (χ1n) is 4.91. The van der Waals surface area contributed by atoms with Crippen molar-refractivity contribution in [2.24, 2.45) is 0 Å². The number of hydrogen-bond acceptors (Lipinski definition) is 2. The Morgan fingerprint density at radius 2 is 2.20 bits per heavy atom. The summed E-state index contributed by atoms with van der Waals surface area (Å²) in [6, 6.07) is 5.99. The maximum Gasteiger partial charge on any atom is 0.158 e. The van der Waals surface area contributed by atoms with E-state index >= 15 is 0 Å². The largest absolute Gasteiger partial charge is 0.392 e. The van der Waals surface area contributed by atoms with Crippen molar-refractivity contribution in [2.45, 2.75) is 26.5 Å². The molecule has 0 saturated carbocycles. The fourth-order valence-corrected chi connectivity index (χ4v) is 1.88. The van der Waals surface area contributed by atoms with E-state index in [9.17, 15) is 0 Å².